The lowest BCUT2D eigenvalue weighted by atomic mass is 10.1. The van der Waals surface area contributed by atoms with Gasteiger partial charge in [-0.05, 0) is 12.5 Å². The topological polar surface area (TPSA) is 54.9 Å². The van der Waals surface area contributed by atoms with E-state index in [2.05, 4.69) is 4.98 Å². The van der Waals surface area contributed by atoms with E-state index in [9.17, 15) is 9.59 Å². The summed E-state index contributed by atoms with van der Waals surface area (Å²) in [5.74, 6) is 0. The van der Waals surface area contributed by atoms with E-state index in [-0.39, 0.29) is 6.04 Å². The van der Waals surface area contributed by atoms with Gasteiger partial charge in [-0.2, -0.15) is 0 Å². The summed E-state index contributed by atoms with van der Waals surface area (Å²) in [7, 11) is 0. The summed E-state index contributed by atoms with van der Waals surface area (Å²) >= 11 is 5.37. The lowest BCUT2D eigenvalue weighted by Gasteiger charge is -2.15. The fraction of sp³-hybridized carbons (Fsp3) is 0.154. The molecule has 2 rings (SSSR count). The first-order valence-electron chi connectivity index (χ1n) is 5.50. The number of hydrogen-bond donors (Lipinski definition) is 1. The molecule has 0 fully saturated rings. The number of nitrogens with zero attached hydrogens (tertiary/aromatic N) is 1. The highest BCUT2D eigenvalue weighted by atomic mass is 32.1. The average Bonchev–Trinajstić information content (AvgIpc) is 2.38. The van der Waals surface area contributed by atoms with Crippen LogP contribution in [-0.4, -0.2) is 14.4 Å². The van der Waals surface area contributed by atoms with E-state index in [1.165, 1.54) is 16.8 Å². The molecule has 0 aliphatic carbocycles. The third-order valence-electron chi connectivity index (χ3n) is 2.71. The van der Waals surface area contributed by atoms with Crippen LogP contribution in [0.25, 0.3) is 0 Å². The summed E-state index contributed by atoms with van der Waals surface area (Å²) < 4.78 is 1.41. The molecule has 0 saturated carbocycles. The highest BCUT2D eigenvalue weighted by Gasteiger charge is 2.13. The molecule has 5 heteroatoms. The molecule has 1 unspecified atom stereocenters. The zero-order valence-electron chi connectivity index (χ0n) is 9.79. The molecule has 92 valence electrons. The first-order valence-corrected chi connectivity index (χ1v) is 5.91. The minimum absolute atomic E-state index is 0.285. The Hall–Kier alpha value is -2.01. The van der Waals surface area contributed by atoms with Gasteiger partial charge >= 0.3 is 5.69 Å². The van der Waals surface area contributed by atoms with Crippen LogP contribution in [0, 0.1) is 0 Å². The van der Waals surface area contributed by atoms with Crippen molar-refractivity contribution in [2.24, 2.45) is 0 Å². The number of H-pyrrole nitrogens is 1. The van der Waals surface area contributed by atoms with Gasteiger partial charge in [0.2, 0.25) is 0 Å². The third kappa shape index (κ3) is 2.46. The number of thiocarbonyl (C=S) groups is 1. The van der Waals surface area contributed by atoms with Crippen LogP contribution in [0.5, 0.6) is 0 Å². The number of aromatic amines is 1. The quantitative estimate of drug-likeness (QED) is 0.672. The van der Waals surface area contributed by atoms with Crippen LogP contribution in [0.15, 0.2) is 52.2 Å². The molecular weight excluding hydrogens is 248 g/mol. The highest BCUT2D eigenvalue weighted by Crippen LogP contribution is 2.12. The van der Waals surface area contributed by atoms with Crippen molar-refractivity contribution >= 4 is 17.1 Å². The summed E-state index contributed by atoms with van der Waals surface area (Å²) in [5.41, 5.74) is 0.0421. The monoisotopic (exact) mass is 260 g/mol. The SMILES string of the molecule is CC(C(=S)c1ccccc1)n1ccc(=O)[nH]c1=O. The molecule has 1 heterocycles. The molecule has 18 heavy (non-hydrogen) atoms. The fourth-order valence-corrected chi connectivity index (χ4v) is 1.95. The number of nitrogens with one attached hydrogen (secondary N) is 1. The molecule has 0 saturated heterocycles. The van der Waals surface area contributed by atoms with Gasteiger partial charge in [0.05, 0.1) is 6.04 Å². The minimum Gasteiger partial charge on any atom is -0.293 e. The molecule has 1 N–H and O–H groups in total. The largest absolute Gasteiger partial charge is 0.328 e. The summed E-state index contributed by atoms with van der Waals surface area (Å²) in [6.07, 6.45) is 1.46. The van der Waals surface area contributed by atoms with E-state index < -0.39 is 11.2 Å². The third-order valence-corrected chi connectivity index (χ3v) is 3.28. The van der Waals surface area contributed by atoms with Gasteiger partial charge in [-0.15, -0.1) is 0 Å². The van der Waals surface area contributed by atoms with Gasteiger partial charge in [0.25, 0.3) is 5.56 Å². The molecule has 4 nitrogen and oxygen atoms in total. The van der Waals surface area contributed by atoms with Crippen molar-refractivity contribution in [1.82, 2.24) is 9.55 Å². The lowest BCUT2D eigenvalue weighted by molar-refractivity contribution is 0.647. The predicted octanol–water partition coefficient (Wildman–Crippen LogP) is 1.52. The van der Waals surface area contributed by atoms with Crippen molar-refractivity contribution in [3.05, 3.63) is 69.0 Å². The van der Waals surface area contributed by atoms with E-state index in [0.29, 0.717) is 4.86 Å². The Morgan fingerprint density at radius 3 is 2.50 bits per heavy atom. The maximum absolute atomic E-state index is 11.7. The Balaban J connectivity index is 2.38. The van der Waals surface area contributed by atoms with Crippen molar-refractivity contribution in [2.45, 2.75) is 13.0 Å². The zero-order valence-corrected chi connectivity index (χ0v) is 10.6. The van der Waals surface area contributed by atoms with E-state index in [1.54, 1.807) is 0 Å². The van der Waals surface area contributed by atoms with Crippen molar-refractivity contribution in [1.29, 1.82) is 0 Å². The molecule has 1 aromatic carbocycles. The normalized spacial score (nSPS) is 12.1. The minimum atomic E-state index is -0.451. The summed E-state index contributed by atoms with van der Waals surface area (Å²) in [4.78, 5) is 25.5. The van der Waals surface area contributed by atoms with E-state index in [0.717, 1.165) is 5.56 Å². The Morgan fingerprint density at radius 2 is 1.89 bits per heavy atom. The van der Waals surface area contributed by atoms with E-state index >= 15 is 0 Å². The smallest absolute Gasteiger partial charge is 0.293 e. The van der Waals surface area contributed by atoms with Gasteiger partial charge in [0.1, 0.15) is 0 Å². The average molecular weight is 260 g/mol. The van der Waals surface area contributed by atoms with Gasteiger partial charge in [-0.3, -0.25) is 14.3 Å². The van der Waals surface area contributed by atoms with Gasteiger partial charge in [-0.25, -0.2) is 4.79 Å². The summed E-state index contributed by atoms with van der Waals surface area (Å²) in [5, 5.41) is 0. The second-order valence-electron chi connectivity index (χ2n) is 3.92. The molecule has 2 aromatic rings. The molecule has 0 aliphatic heterocycles. The molecule has 0 amide bonds. The van der Waals surface area contributed by atoms with Crippen molar-refractivity contribution in [3.63, 3.8) is 0 Å². The van der Waals surface area contributed by atoms with Gasteiger partial charge in [-0.1, -0.05) is 42.5 Å². The zero-order chi connectivity index (χ0) is 13.1. The Labute approximate surface area is 109 Å². The Morgan fingerprint density at radius 1 is 1.22 bits per heavy atom. The number of hydrogen-bond acceptors (Lipinski definition) is 3. The summed E-state index contributed by atoms with van der Waals surface area (Å²) in [6, 6.07) is 10.5. The predicted molar refractivity (Wildman–Crippen MR) is 74.2 cm³/mol. The van der Waals surface area contributed by atoms with Crippen molar-refractivity contribution in [3.8, 4) is 0 Å². The fourth-order valence-electron chi connectivity index (χ4n) is 1.70. The Bertz CT molecular complexity index is 673. The Kier molecular flexibility index (Phi) is 3.53. The summed E-state index contributed by atoms with van der Waals surface area (Å²) in [6.45, 7) is 1.83. The molecule has 0 aliphatic rings. The first kappa shape index (κ1) is 12.4. The van der Waals surface area contributed by atoms with Gasteiger partial charge in [0.15, 0.2) is 0 Å². The molecule has 0 bridgehead atoms. The second-order valence-corrected chi connectivity index (χ2v) is 4.36. The lowest BCUT2D eigenvalue weighted by Crippen LogP contribution is -2.33. The van der Waals surface area contributed by atoms with Gasteiger partial charge in [0, 0.05) is 17.1 Å². The molecule has 0 radical (unpaired) electrons. The maximum Gasteiger partial charge on any atom is 0.328 e. The number of rotatable bonds is 3. The van der Waals surface area contributed by atoms with Crippen LogP contribution < -0.4 is 11.2 Å². The highest BCUT2D eigenvalue weighted by molar-refractivity contribution is 7.81. The molecule has 1 aromatic heterocycles. The van der Waals surface area contributed by atoms with Crippen LogP contribution >= 0.6 is 12.2 Å². The first-order chi connectivity index (χ1) is 8.59. The standard InChI is InChI=1S/C13H12N2O2S/c1-9(12(18)10-5-3-2-4-6-10)15-8-7-11(16)14-13(15)17/h2-9H,1H3,(H,14,16,17). The molecule has 0 spiro atoms. The second kappa shape index (κ2) is 5.10. The van der Waals surface area contributed by atoms with Crippen LogP contribution in [-0.2, 0) is 0 Å². The van der Waals surface area contributed by atoms with Crippen LogP contribution in [0.3, 0.4) is 0 Å². The number of aromatic nitrogens is 2. The van der Waals surface area contributed by atoms with Gasteiger partial charge < -0.3 is 0 Å². The van der Waals surface area contributed by atoms with Crippen LogP contribution in [0.4, 0.5) is 0 Å². The van der Waals surface area contributed by atoms with E-state index in [1.807, 2.05) is 37.3 Å². The number of benzene rings is 1. The van der Waals surface area contributed by atoms with Crippen LogP contribution in [0.1, 0.15) is 18.5 Å². The van der Waals surface area contributed by atoms with E-state index in [4.69, 9.17) is 12.2 Å². The molecule has 1 atom stereocenters. The van der Waals surface area contributed by atoms with Crippen molar-refractivity contribution < 1.29 is 0 Å². The maximum atomic E-state index is 11.7. The molecular formula is C13H12N2O2S. The van der Waals surface area contributed by atoms with Crippen molar-refractivity contribution in [2.75, 3.05) is 0 Å². The van der Waals surface area contributed by atoms with Crippen LogP contribution in [0.2, 0.25) is 0 Å².